The molecular weight excluding hydrogens is 288 g/mol. The molecule has 6 heteroatoms. The molecule has 1 aromatic rings. The lowest BCUT2D eigenvalue weighted by molar-refractivity contribution is -0.146. The highest BCUT2D eigenvalue weighted by atomic mass is 32.2. The summed E-state index contributed by atoms with van der Waals surface area (Å²) in [6, 6.07) is 0.399. The van der Waals surface area contributed by atoms with Crippen LogP contribution < -0.4 is 5.32 Å². The molecular formula is C15H22N2O3S. The number of carboxylic acids is 1. The van der Waals surface area contributed by atoms with Crippen molar-refractivity contribution in [1.82, 2.24) is 10.3 Å². The normalized spacial score (nSPS) is 29.5. The summed E-state index contributed by atoms with van der Waals surface area (Å²) in [5, 5.41) is 14.0. The fourth-order valence-electron chi connectivity index (χ4n) is 2.97. The molecule has 2 fully saturated rings. The molecule has 2 saturated carbocycles. The van der Waals surface area contributed by atoms with Crippen LogP contribution in [0.2, 0.25) is 0 Å². The number of carbonyl (C=O) groups is 1. The molecule has 0 saturated heterocycles. The Morgan fingerprint density at radius 3 is 2.76 bits per heavy atom. The first-order chi connectivity index (χ1) is 9.98. The van der Waals surface area contributed by atoms with E-state index in [9.17, 15) is 9.90 Å². The van der Waals surface area contributed by atoms with Crippen LogP contribution in [0.3, 0.4) is 0 Å². The monoisotopic (exact) mass is 310 g/mol. The quantitative estimate of drug-likeness (QED) is 0.871. The number of hydrogen-bond acceptors (Lipinski definition) is 5. The molecule has 0 spiro atoms. The van der Waals surface area contributed by atoms with E-state index in [0.717, 1.165) is 43.6 Å². The van der Waals surface area contributed by atoms with Crippen molar-refractivity contribution in [3.05, 3.63) is 11.5 Å². The van der Waals surface area contributed by atoms with E-state index >= 15 is 0 Å². The van der Waals surface area contributed by atoms with E-state index < -0.39 is 11.5 Å². The Morgan fingerprint density at radius 2 is 2.19 bits per heavy atom. The predicted octanol–water partition coefficient (Wildman–Crippen LogP) is 2.90. The molecule has 3 rings (SSSR count). The zero-order valence-corrected chi connectivity index (χ0v) is 13.3. The van der Waals surface area contributed by atoms with Crippen molar-refractivity contribution in [3.8, 4) is 0 Å². The molecule has 5 nitrogen and oxygen atoms in total. The molecule has 2 N–H and O–H groups in total. The van der Waals surface area contributed by atoms with Gasteiger partial charge >= 0.3 is 5.97 Å². The fourth-order valence-corrected chi connectivity index (χ4v) is 4.27. The van der Waals surface area contributed by atoms with E-state index in [1.807, 2.05) is 13.8 Å². The first-order valence-corrected chi connectivity index (χ1v) is 8.48. The number of aliphatic carboxylic acids is 1. The minimum Gasteiger partial charge on any atom is -0.480 e. The van der Waals surface area contributed by atoms with Crippen molar-refractivity contribution in [2.75, 3.05) is 0 Å². The average Bonchev–Trinajstić information content (AvgIpc) is 3.16. The minimum absolute atomic E-state index is 0.249. The SMILES string of the molecule is Cc1nc(SC2CCCC(NC3CC3)(C(=O)O)C2)oc1C. The number of carboxylic acid groups (broad SMARTS) is 1. The number of aryl methyl sites for hydroxylation is 2. The van der Waals surface area contributed by atoms with E-state index in [2.05, 4.69) is 10.3 Å². The van der Waals surface area contributed by atoms with Gasteiger partial charge in [-0.05, 0) is 52.4 Å². The van der Waals surface area contributed by atoms with E-state index in [1.165, 1.54) is 0 Å². The van der Waals surface area contributed by atoms with Crippen molar-refractivity contribution < 1.29 is 14.3 Å². The fraction of sp³-hybridized carbons (Fsp3) is 0.733. The van der Waals surface area contributed by atoms with E-state index in [-0.39, 0.29) is 5.25 Å². The summed E-state index contributed by atoms with van der Waals surface area (Å²) in [5.41, 5.74) is 0.155. The predicted molar refractivity (Wildman–Crippen MR) is 80.6 cm³/mol. The van der Waals surface area contributed by atoms with E-state index in [4.69, 9.17) is 4.42 Å². The molecule has 2 aliphatic rings. The average molecular weight is 310 g/mol. The van der Waals surface area contributed by atoms with Crippen molar-refractivity contribution in [3.63, 3.8) is 0 Å². The first-order valence-electron chi connectivity index (χ1n) is 7.60. The number of nitrogens with one attached hydrogen (secondary N) is 1. The lowest BCUT2D eigenvalue weighted by Gasteiger charge is -2.37. The van der Waals surface area contributed by atoms with Gasteiger partial charge in [0.25, 0.3) is 5.22 Å². The maximum absolute atomic E-state index is 11.8. The summed E-state index contributed by atoms with van der Waals surface area (Å²) in [6.07, 6.45) is 5.52. The molecule has 0 radical (unpaired) electrons. The Bertz CT molecular complexity index is 522. The summed E-state index contributed by atoms with van der Waals surface area (Å²) in [4.78, 5) is 16.2. The highest BCUT2D eigenvalue weighted by Gasteiger charge is 2.46. The molecule has 0 aliphatic heterocycles. The Labute approximate surface area is 128 Å². The number of rotatable bonds is 5. The van der Waals surface area contributed by atoms with Crippen LogP contribution in [-0.2, 0) is 4.79 Å². The molecule has 0 aromatic carbocycles. The maximum Gasteiger partial charge on any atom is 0.323 e. The molecule has 0 bridgehead atoms. The molecule has 21 heavy (non-hydrogen) atoms. The Morgan fingerprint density at radius 1 is 1.43 bits per heavy atom. The van der Waals surface area contributed by atoms with Gasteiger partial charge in [-0.2, -0.15) is 0 Å². The zero-order chi connectivity index (χ0) is 15.0. The van der Waals surface area contributed by atoms with Gasteiger partial charge in [0.1, 0.15) is 11.3 Å². The van der Waals surface area contributed by atoms with Crippen LogP contribution in [0.15, 0.2) is 9.64 Å². The Balaban J connectivity index is 1.70. The molecule has 1 aromatic heterocycles. The lowest BCUT2D eigenvalue weighted by Crippen LogP contribution is -2.56. The summed E-state index contributed by atoms with van der Waals surface area (Å²) in [5.74, 6) is 0.133. The van der Waals surface area contributed by atoms with Crippen molar-refractivity contribution >= 4 is 17.7 Å². The van der Waals surface area contributed by atoms with Gasteiger partial charge < -0.3 is 9.52 Å². The third-order valence-electron chi connectivity index (χ3n) is 4.45. The summed E-state index contributed by atoms with van der Waals surface area (Å²) in [6.45, 7) is 3.84. The number of hydrogen-bond donors (Lipinski definition) is 2. The van der Waals surface area contributed by atoms with Crippen LogP contribution >= 0.6 is 11.8 Å². The van der Waals surface area contributed by atoms with Gasteiger partial charge in [0.05, 0.1) is 5.69 Å². The van der Waals surface area contributed by atoms with Crippen LogP contribution in [0.4, 0.5) is 0 Å². The van der Waals surface area contributed by atoms with Gasteiger partial charge in [-0.3, -0.25) is 10.1 Å². The highest BCUT2D eigenvalue weighted by molar-refractivity contribution is 7.99. The van der Waals surface area contributed by atoms with Gasteiger partial charge in [-0.25, -0.2) is 4.98 Å². The third-order valence-corrected chi connectivity index (χ3v) is 5.56. The van der Waals surface area contributed by atoms with Gasteiger partial charge in [0.2, 0.25) is 0 Å². The van der Waals surface area contributed by atoms with Crippen LogP contribution in [0, 0.1) is 13.8 Å². The van der Waals surface area contributed by atoms with Gasteiger partial charge in [-0.15, -0.1) is 0 Å². The molecule has 2 unspecified atom stereocenters. The third kappa shape index (κ3) is 3.26. The van der Waals surface area contributed by atoms with Crippen molar-refractivity contribution in [1.29, 1.82) is 0 Å². The number of nitrogens with zero attached hydrogens (tertiary/aromatic N) is 1. The van der Waals surface area contributed by atoms with Gasteiger partial charge in [0, 0.05) is 11.3 Å². The largest absolute Gasteiger partial charge is 0.480 e. The zero-order valence-electron chi connectivity index (χ0n) is 12.5. The maximum atomic E-state index is 11.8. The second-order valence-electron chi connectivity index (χ2n) is 6.26. The van der Waals surface area contributed by atoms with E-state index in [0.29, 0.717) is 17.7 Å². The van der Waals surface area contributed by atoms with E-state index in [1.54, 1.807) is 11.8 Å². The van der Waals surface area contributed by atoms with Crippen LogP contribution in [0.1, 0.15) is 50.0 Å². The van der Waals surface area contributed by atoms with Crippen LogP contribution in [-0.4, -0.2) is 32.9 Å². The molecule has 2 atom stereocenters. The van der Waals surface area contributed by atoms with Gasteiger partial charge in [-0.1, -0.05) is 11.8 Å². The van der Waals surface area contributed by atoms with Crippen LogP contribution in [0.25, 0.3) is 0 Å². The van der Waals surface area contributed by atoms with Crippen molar-refractivity contribution in [2.45, 2.75) is 74.4 Å². The Hall–Kier alpha value is -1.01. The lowest BCUT2D eigenvalue weighted by atomic mass is 9.81. The number of thioether (sulfide) groups is 1. The molecule has 0 amide bonds. The summed E-state index contributed by atoms with van der Waals surface area (Å²) < 4.78 is 5.62. The smallest absolute Gasteiger partial charge is 0.323 e. The molecule has 1 heterocycles. The standard InChI is InChI=1S/C15H22N2O3S/c1-9-10(2)20-14(16-9)21-12-4-3-7-15(8-12,13(18)19)17-11-5-6-11/h11-12,17H,3-8H2,1-2H3,(H,18,19). The summed E-state index contributed by atoms with van der Waals surface area (Å²) >= 11 is 1.59. The topological polar surface area (TPSA) is 75.4 Å². The minimum atomic E-state index is -0.756. The number of oxazole rings is 1. The van der Waals surface area contributed by atoms with Crippen molar-refractivity contribution in [2.24, 2.45) is 0 Å². The molecule has 116 valence electrons. The summed E-state index contributed by atoms with van der Waals surface area (Å²) in [7, 11) is 0. The molecule has 2 aliphatic carbocycles. The second kappa shape index (κ2) is 5.65. The first kappa shape index (κ1) is 14.9. The Kier molecular flexibility index (Phi) is 4.01. The second-order valence-corrected chi connectivity index (χ2v) is 7.52. The highest BCUT2D eigenvalue weighted by Crippen LogP contribution is 2.40. The number of aromatic nitrogens is 1. The van der Waals surface area contributed by atoms with Crippen LogP contribution in [0.5, 0.6) is 0 Å². The van der Waals surface area contributed by atoms with Gasteiger partial charge in [0.15, 0.2) is 0 Å².